The van der Waals surface area contributed by atoms with Crippen LogP contribution in [0.15, 0.2) is 72.8 Å². The first-order chi connectivity index (χ1) is 18.8. The van der Waals surface area contributed by atoms with Gasteiger partial charge in [0, 0.05) is 36.1 Å². The van der Waals surface area contributed by atoms with E-state index in [1.165, 1.54) is 0 Å². The Morgan fingerprint density at radius 1 is 0.923 bits per heavy atom. The Morgan fingerprint density at radius 2 is 1.64 bits per heavy atom. The molecule has 1 atom stereocenters. The first-order valence-electron chi connectivity index (χ1n) is 12.3. The molecule has 0 saturated heterocycles. The number of carbonyl (C=O) groups is 4. The van der Waals surface area contributed by atoms with E-state index in [9.17, 15) is 24.3 Å². The molecule has 4 N–H and O–H groups in total. The Hall–Kier alpha value is -4.54. The van der Waals surface area contributed by atoms with Crippen molar-refractivity contribution >= 4 is 50.9 Å². The first-order valence-corrected chi connectivity index (χ1v) is 13.1. The van der Waals surface area contributed by atoms with E-state index in [4.69, 9.17) is 5.11 Å². The smallest absolute Gasteiger partial charge is 0.394 e. The summed E-state index contributed by atoms with van der Waals surface area (Å²) in [6.45, 7) is 1.21. The van der Waals surface area contributed by atoms with E-state index in [1.54, 1.807) is 6.07 Å². The Kier molecular flexibility index (Phi) is 7.40. The molecule has 198 valence electrons. The fourth-order valence-electron chi connectivity index (χ4n) is 4.85. The monoisotopic (exact) mass is 543 g/mol. The van der Waals surface area contributed by atoms with E-state index in [2.05, 4.69) is 15.5 Å². The summed E-state index contributed by atoms with van der Waals surface area (Å²) in [7, 11) is 0. The number of aromatic carboxylic acids is 1. The van der Waals surface area contributed by atoms with Crippen molar-refractivity contribution in [2.45, 2.75) is 25.6 Å². The van der Waals surface area contributed by atoms with Gasteiger partial charge in [-0.1, -0.05) is 60.7 Å². The minimum atomic E-state index is -1.70. The minimum absolute atomic E-state index is 0.000380. The zero-order chi connectivity index (χ0) is 27.5. The second-order valence-electron chi connectivity index (χ2n) is 9.29. The molecule has 1 unspecified atom stereocenters. The van der Waals surface area contributed by atoms with Crippen LogP contribution < -0.4 is 10.6 Å². The van der Waals surface area contributed by atoms with E-state index >= 15 is 0 Å². The summed E-state index contributed by atoms with van der Waals surface area (Å²) >= 11 is 1.07. The predicted molar refractivity (Wildman–Crippen MR) is 147 cm³/mol. The number of hydrogen-bond donors (Lipinski definition) is 4. The number of hydrogen-bond acceptors (Lipinski definition) is 6. The molecule has 2 amide bonds. The Morgan fingerprint density at radius 3 is 2.36 bits per heavy atom. The lowest BCUT2D eigenvalue weighted by Gasteiger charge is -2.36. The van der Waals surface area contributed by atoms with Crippen LogP contribution in [-0.2, 0) is 29.1 Å². The molecular weight excluding hydrogens is 518 g/mol. The number of anilines is 1. The van der Waals surface area contributed by atoms with Gasteiger partial charge in [-0.05, 0) is 40.5 Å². The molecule has 0 fully saturated rings. The molecule has 10 heteroatoms. The van der Waals surface area contributed by atoms with Crippen molar-refractivity contribution in [2.75, 3.05) is 11.9 Å². The highest BCUT2D eigenvalue weighted by Gasteiger charge is 2.34. The van der Waals surface area contributed by atoms with E-state index in [1.807, 2.05) is 66.7 Å². The van der Waals surface area contributed by atoms with Crippen LogP contribution in [0.4, 0.5) is 5.00 Å². The maximum Gasteiger partial charge on any atom is 0.394 e. The highest BCUT2D eigenvalue weighted by Crippen LogP contribution is 2.39. The van der Waals surface area contributed by atoms with Crippen LogP contribution in [0.1, 0.15) is 36.7 Å². The highest BCUT2D eigenvalue weighted by atomic mass is 32.1. The topological polar surface area (TPSA) is 136 Å². The second kappa shape index (κ2) is 11.1. The third kappa shape index (κ3) is 5.66. The minimum Gasteiger partial charge on any atom is -0.478 e. The number of rotatable bonds is 7. The van der Waals surface area contributed by atoms with Gasteiger partial charge < -0.3 is 20.8 Å². The molecule has 0 aliphatic carbocycles. The molecule has 39 heavy (non-hydrogen) atoms. The summed E-state index contributed by atoms with van der Waals surface area (Å²) in [6, 6.07) is 22.8. The van der Waals surface area contributed by atoms with Gasteiger partial charge in [0.05, 0.1) is 5.56 Å². The van der Waals surface area contributed by atoms with Gasteiger partial charge in [0.25, 0.3) is 5.91 Å². The molecule has 5 rings (SSSR count). The first kappa shape index (κ1) is 26.1. The zero-order valence-electron chi connectivity index (χ0n) is 20.7. The van der Waals surface area contributed by atoms with E-state index in [0.29, 0.717) is 30.6 Å². The van der Waals surface area contributed by atoms with Crippen molar-refractivity contribution in [3.05, 3.63) is 99.9 Å². The molecular formula is C29H25N3O6S. The van der Waals surface area contributed by atoms with Crippen molar-refractivity contribution in [3.63, 3.8) is 0 Å². The average Bonchev–Trinajstić information content (AvgIpc) is 3.28. The van der Waals surface area contributed by atoms with Crippen LogP contribution in [0.25, 0.3) is 10.8 Å². The fourth-order valence-corrected chi connectivity index (χ4v) is 6.09. The molecule has 1 aliphatic heterocycles. The molecule has 0 spiro atoms. The third-order valence-corrected chi connectivity index (χ3v) is 7.90. The molecule has 1 aliphatic rings. The number of nitrogens with one attached hydrogen (secondary N) is 2. The number of fused-ring (bicyclic) bond motifs is 2. The van der Waals surface area contributed by atoms with Crippen LogP contribution in [-0.4, -0.2) is 51.5 Å². The molecule has 0 bridgehead atoms. The van der Waals surface area contributed by atoms with Gasteiger partial charge in [-0.3, -0.25) is 14.5 Å². The number of carboxylic acids is 2. The molecule has 1 aromatic heterocycles. The zero-order valence-corrected chi connectivity index (χ0v) is 21.5. The van der Waals surface area contributed by atoms with E-state index in [-0.39, 0.29) is 29.1 Å². The van der Waals surface area contributed by atoms with Gasteiger partial charge >= 0.3 is 17.8 Å². The number of carbonyl (C=O) groups excluding carboxylic acids is 2. The van der Waals surface area contributed by atoms with Gasteiger partial charge in [-0.25, -0.2) is 9.59 Å². The summed E-state index contributed by atoms with van der Waals surface area (Å²) in [5.41, 5.74) is 2.03. The fraction of sp³-hybridized carbons (Fsp3) is 0.172. The lowest BCUT2D eigenvalue weighted by atomic mass is 9.95. The third-order valence-electron chi connectivity index (χ3n) is 6.77. The van der Waals surface area contributed by atoms with Crippen LogP contribution in [0.2, 0.25) is 0 Å². The van der Waals surface area contributed by atoms with Crippen molar-refractivity contribution in [2.24, 2.45) is 0 Å². The summed E-state index contributed by atoms with van der Waals surface area (Å²) in [4.78, 5) is 51.0. The van der Waals surface area contributed by atoms with Crippen LogP contribution in [0.5, 0.6) is 0 Å². The predicted octanol–water partition coefficient (Wildman–Crippen LogP) is 3.98. The average molecular weight is 544 g/mol. The van der Waals surface area contributed by atoms with Gasteiger partial charge in [-0.15, -0.1) is 11.3 Å². The maximum atomic E-state index is 13.1. The number of aliphatic carboxylic acids is 1. The van der Waals surface area contributed by atoms with E-state index in [0.717, 1.165) is 32.5 Å². The number of thiophene rings is 1. The summed E-state index contributed by atoms with van der Waals surface area (Å²) in [5, 5.41) is 26.1. The van der Waals surface area contributed by atoms with Crippen LogP contribution in [0.3, 0.4) is 0 Å². The Bertz CT molecular complexity index is 1580. The van der Waals surface area contributed by atoms with Crippen molar-refractivity contribution in [1.29, 1.82) is 0 Å². The number of benzene rings is 3. The van der Waals surface area contributed by atoms with Crippen molar-refractivity contribution in [1.82, 2.24) is 10.2 Å². The standard InChI is InChI=1S/C29H25N3O6S/c33-25(20-11-10-18-8-4-5-9-19(18)12-20)30-14-21-13-22-23(16-32(21)15-17-6-2-1-3-7-17)39-27(24(22)28(35)36)31-26(34)29(37)38/h1-12,21H,13-16H2,(H,30,33)(H,31,34)(H,35,36)(H,37,38). The van der Waals surface area contributed by atoms with Crippen molar-refractivity contribution in [3.8, 4) is 0 Å². The molecule has 9 nitrogen and oxygen atoms in total. The maximum absolute atomic E-state index is 13.1. The van der Waals surface area contributed by atoms with E-state index < -0.39 is 17.8 Å². The molecule has 2 heterocycles. The van der Waals surface area contributed by atoms with Gasteiger partial charge in [0.15, 0.2) is 0 Å². The normalized spacial score (nSPS) is 14.9. The van der Waals surface area contributed by atoms with Crippen molar-refractivity contribution < 1.29 is 29.4 Å². The molecule has 0 radical (unpaired) electrons. The number of amides is 2. The highest BCUT2D eigenvalue weighted by molar-refractivity contribution is 7.17. The van der Waals surface area contributed by atoms with Gasteiger partial charge in [0.1, 0.15) is 5.00 Å². The molecule has 3 aromatic carbocycles. The molecule has 0 saturated carbocycles. The largest absolute Gasteiger partial charge is 0.478 e. The van der Waals surface area contributed by atoms with Gasteiger partial charge in [-0.2, -0.15) is 0 Å². The summed E-state index contributed by atoms with van der Waals surface area (Å²) < 4.78 is 0. The lowest BCUT2D eigenvalue weighted by Crippen LogP contribution is -2.47. The number of carboxylic acid groups (broad SMARTS) is 2. The SMILES string of the molecule is O=C(O)C(=O)Nc1sc2c(c1C(=O)O)CC(CNC(=O)c1ccc3ccccc3c1)N(Cc1ccccc1)C2. The number of nitrogens with zero attached hydrogens (tertiary/aromatic N) is 1. The van der Waals surface area contributed by atoms with Crippen LogP contribution in [0, 0.1) is 0 Å². The Balaban J connectivity index is 1.41. The lowest BCUT2D eigenvalue weighted by molar-refractivity contribution is -0.147. The Labute approximate surface area is 227 Å². The van der Waals surface area contributed by atoms with Gasteiger partial charge in [0.2, 0.25) is 0 Å². The summed E-state index contributed by atoms with van der Waals surface area (Å²) in [5.74, 6) is -4.47. The second-order valence-corrected chi connectivity index (χ2v) is 10.4. The van der Waals surface area contributed by atoms with Crippen LogP contribution >= 0.6 is 11.3 Å². The quantitative estimate of drug-likeness (QED) is 0.259. The summed E-state index contributed by atoms with van der Waals surface area (Å²) in [6.07, 6.45) is 0.307. The molecule has 4 aromatic rings.